The Kier molecular flexibility index (Phi) is 6.51. The molecular weight excluding hydrogens is 394 g/mol. The Hall–Kier alpha value is -2.93. The van der Waals surface area contributed by atoms with E-state index in [1.54, 1.807) is 11.3 Å². The van der Waals surface area contributed by atoms with Crippen LogP contribution in [0.4, 0.5) is 0 Å². The minimum Gasteiger partial charge on any atom is -0.467 e. The maximum atomic E-state index is 13.3. The molecule has 0 aliphatic carbocycles. The number of carbonyl (C=O) groups excluding carboxylic acids is 2. The van der Waals surface area contributed by atoms with Gasteiger partial charge in [0.15, 0.2) is 0 Å². The van der Waals surface area contributed by atoms with E-state index in [4.69, 9.17) is 14.3 Å². The number of aryl methyl sites for hydroxylation is 1. The van der Waals surface area contributed by atoms with E-state index in [0.717, 1.165) is 36.4 Å². The second-order valence-electron chi connectivity index (χ2n) is 8.21. The summed E-state index contributed by atoms with van der Waals surface area (Å²) in [4.78, 5) is 27.4. The van der Waals surface area contributed by atoms with Gasteiger partial charge in [0.25, 0.3) is 5.91 Å². The van der Waals surface area contributed by atoms with Gasteiger partial charge in [-0.25, -0.2) is 5.01 Å². The molecule has 164 valence electrons. The van der Waals surface area contributed by atoms with Gasteiger partial charge in [0.2, 0.25) is 0 Å². The number of likely N-dealkylation sites (tertiary alicyclic amines) is 1. The Morgan fingerprint density at radius 1 is 1.23 bits per heavy atom. The predicted molar refractivity (Wildman–Crippen MR) is 116 cm³/mol. The van der Waals surface area contributed by atoms with Crippen LogP contribution in [-0.4, -0.2) is 53.7 Å². The van der Waals surface area contributed by atoms with Crippen molar-refractivity contribution in [3.05, 3.63) is 59.5 Å². The number of hydrogen-bond donors (Lipinski definition) is 0. The fraction of sp³-hybridized carbons (Fsp3) is 0.458. The van der Waals surface area contributed by atoms with Crippen LogP contribution in [0.1, 0.15) is 49.1 Å². The van der Waals surface area contributed by atoms with E-state index < -0.39 is 0 Å². The van der Waals surface area contributed by atoms with Crippen LogP contribution in [0.25, 0.3) is 0 Å². The number of ether oxygens (including phenoxy) is 1. The first-order chi connectivity index (χ1) is 15.0. The van der Waals surface area contributed by atoms with E-state index in [1.807, 2.05) is 55.1 Å². The van der Waals surface area contributed by atoms with Gasteiger partial charge in [-0.2, -0.15) is 5.10 Å². The van der Waals surface area contributed by atoms with Crippen molar-refractivity contribution in [1.29, 1.82) is 0 Å². The lowest BCUT2D eigenvalue weighted by atomic mass is 9.98. The van der Waals surface area contributed by atoms with Crippen molar-refractivity contribution < 1.29 is 18.7 Å². The van der Waals surface area contributed by atoms with Crippen LogP contribution >= 0.6 is 0 Å². The van der Waals surface area contributed by atoms with Gasteiger partial charge >= 0.3 is 5.97 Å². The first kappa shape index (κ1) is 21.3. The molecule has 7 nitrogen and oxygen atoms in total. The summed E-state index contributed by atoms with van der Waals surface area (Å²) in [5.74, 6) is 0.289. The molecule has 1 saturated heterocycles. The maximum Gasteiger partial charge on any atom is 0.310 e. The fourth-order valence-corrected chi connectivity index (χ4v) is 4.28. The number of esters is 1. The maximum absolute atomic E-state index is 13.3. The van der Waals surface area contributed by atoms with Gasteiger partial charge in [0, 0.05) is 13.0 Å². The molecule has 2 aromatic rings. The third kappa shape index (κ3) is 4.88. The zero-order chi connectivity index (χ0) is 21.8. The zero-order valence-electron chi connectivity index (χ0n) is 18.1. The number of furan rings is 1. The lowest BCUT2D eigenvalue weighted by Gasteiger charge is -2.32. The first-order valence-electron chi connectivity index (χ1n) is 10.9. The second kappa shape index (κ2) is 9.47. The number of hydrazone groups is 1. The van der Waals surface area contributed by atoms with Crippen molar-refractivity contribution in [3.8, 4) is 0 Å². The molecule has 0 unspecified atom stereocenters. The van der Waals surface area contributed by atoms with Crippen LogP contribution in [-0.2, 0) is 14.3 Å². The Morgan fingerprint density at radius 3 is 2.74 bits per heavy atom. The zero-order valence-corrected chi connectivity index (χ0v) is 18.1. The second-order valence-corrected chi connectivity index (χ2v) is 8.21. The highest BCUT2D eigenvalue weighted by Crippen LogP contribution is 2.33. The summed E-state index contributed by atoms with van der Waals surface area (Å²) in [5, 5.41) is 6.25. The Bertz CT molecular complexity index is 936. The highest BCUT2D eigenvalue weighted by molar-refractivity contribution is 6.03. The molecule has 1 aromatic heterocycles. The molecule has 3 heterocycles. The Labute approximate surface area is 182 Å². The third-order valence-electron chi connectivity index (χ3n) is 5.91. The predicted octanol–water partition coefficient (Wildman–Crippen LogP) is 3.54. The van der Waals surface area contributed by atoms with Crippen molar-refractivity contribution in [3.63, 3.8) is 0 Å². The number of hydrogen-bond acceptors (Lipinski definition) is 6. The highest BCUT2D eigenvalue weighted by atomic mass is 16.5. The lowest BCUT2D eigenvalue weighted by molar-refractivity contribution is -0.150. The molecule has 0 bridgehead atoms. The molecular formula is C24H29N3O4. The van der Waals surface area contributed by atoms with Crippen LogP contribution in [0.5, 0.6) is 0 Å². The van der Waals surface area contributed by atoms with Gasteiger partial charge in [-0.05, 0) is 50.9 Å². The molecule has 0 spiro atoms. The summed E-state index contributed by atoms with van der Waals surface area (Å²) in [6.45, 7) is 5.78. The van der Waals surface area contributed by atoms with Crippen molar-refractivity contribution in [2.45, 2.75) is 39.2 Å². The van der Waals surface area contributed by atoms with Crippen molar-refractivity contribution in [2.24, 2.45) is 11.0 Å². The minimum absolute atomic E-state index is 0.0898. The van der Waals surface area contributed by atoms with Crippen LogP contribution < -0.4 is 0 Å². The number of nitrogens with zero attached hydrogens (tertiary/aromatic N) is 3. The summed E-state index contributed by atoms with van der Waals surface area (Å²) in [7, 11) is 0. The average molecular weight is 424 g/mol. The molecule has 1 amide bonds. The molecule has 1 aromatic carbocycles. The van der Waals surface area contributed by atoms with Crippen LogP contribution in [0.3, 0.4) is 0 Å². The topological polar surface area (TPSA) is 75.3 Å². The lowest BCUT2D eigenvalue weighted by Crippen LogP contribution is -2.44. The van der Waals surface area contributed by atoms with Gasteiger partial charge < -0.3 is 9.15 Å². The first-order valence-corrected chi connectivity index (χ1v) is 10.9. The standard InChI is InChI=1S/C24H29N3O4/c1-3-30-24(29)19-6-4-12-26(15-19)16-23(28)27-21(22-7-5-13-31-22)14-20(25-27)18-10-8-17(2)9-11-18/h5,7-11,13,19,21H,3-4,6,12,14-16H2,1-2H3/t19-,21-/m0/s1. The fourth-order valence-electron chi connectivity index (χ4n) is 4.28. The number of rotatable bonds is 6. The van der Waals surface area contributed by atoms with Crippen LogP contribution in [0.15, 0.2) is 52.2 Å². The minimum atomic E-state index is -0.260. The summed E-state index contributed by atoms with van der Waals surface area (Å²) < 4.78 is 10.8. The van der Waals surface area contributed by atoms with Gasteiger partial charge in [0.05, 0.1) is 31.0 Å². The normalized spacial score (nSPS) is 21.7. The van der Waals surface area contributed by atoms with Gasteiger partial charge in [-0.3, -0.25) is 14.5 Å². The van der Waals surface area contributed by atoms with E-state index in [0.29, 0.717) is 19.6 Å². The van der Waals surface area contributed by atoms with Gasteiger partial charge in [0.1, 0.15) is 11.8 Å². The number of piperidine rings is 1. The number of benzene rings is 1. The van der Waals surface area contributed by atoms with Crippen molar-refractivity contribution >= 4 is 17.6 Å². The molecule has 0 N–H and O–H groups in total. The van der Waals surface area contributed by atoms with Gasteiger partial charge in [-0.1, -0.05) is 29.8 Å². The monoisotopic (exact) mass is 423 g/mol. The molecule has 0 radical (unpaired) electrons. The van der Waals surface area contributed by atoms with E-state index in [-0.39, 0.29) is 30.4 Å². The summed E-state index contributed by atoms with van der Waals surface area (Å²) in [6, 6.07) is 11.6. The van der Waals surface area contributed by atoms with Gasteiger partial charge in [-0.15, -0.1) is 0 Å². The van der Waals surface area contributed by atoms with Crippen LogP contribution in [0.2, 0.25) is 0 Å². The molecule has 2 aliphatic rings. The molecule has 0 saturated carbocycles. The third-order valence-corrected chi connectivity index (χ3v) is 5.91. The van der Waals surface area contributed by atoms with Crippen LogP contribution in [0, 0.1) is 12.8 Å². The van der Waals surface area contributed by atoms with E-state index in [9.17, 15) is 9.59 Å². The summed E-state index contributed by atoms with van der Waals surface area (Å²) in [6.07, 6.45) is 3.90. The molecule has 1 fully saturated rings. The molecule has 2 aliphatic heterocycles. The molecule has 4 rings (SSSR count). The SMILES string of the molecule is CCOC(=O)[C@H]1CCCN(CC(=O)N2N=C(c3ccc(C)cc3)C[C@H]2c2ccco2)C1. The summed E-state index contributed by atoms with van der Waals surface area (Å²) >= 11 is 0. The largest absolute Gasteiger partial charge is 0.467 e. The summed E-state index contributed by atoms with van der Waals surface area (Å²) in [5.41, 5.74) is 3.06. The smallest absolute Gasteiger partial charge is 0.310 e. The molecule has 2 atom stereocenters. The number of carbonyl (C=O) groups is 2. The quantitative estimate of drug-likeness (QED) is 0.665. The molecule has 7 heteroatoms. The van der Waals surface area contributed by atoms with E-state index in [1.165, 1.54) is 5.56 Å². The Morgan fingerprint density at radius 2 is 2.03 bits per heavy atom. The highest BCUT2D eigenvalue weighted by Gasteiger charge is 2.36. The number of amides is 1. The average Bonchev–Trinajstić information content (AvgIpc) is 3.45. The molecule has 31 heavy (non-hydrogen) atoms. The Balaban J connectivity index is 1.49. The van der Waals surface area contributed by atoms with Crippen molar-refractivity contribution in [2.75, 3.05) is 26.2 Å². The van der Waals surface area contributed by atoms with E-state index >= 15 is 0 Å². The van der Waals surface area contributed by atoms with E-state index in [2.05, 4.69) is 0 Å². The van der Waals surface area contributed by atoms with Crippen molar-refractivity contribution in [1.82, 2.24) is 9.91 Å².